The van der Waals surface area contributed by atoms with Gasteiger partial charge in [0.15, 0.2) is 9.84 Å². The molecule has 0 saturated carbocycles. The number of nitrogens with zero attached hydrogens (tertiary/aromatic N) is 1. The highest BCUT2D eigenvalue weighted by atomic mass is 32.2. The molecule has 1 aromatic rings. The third-order valence-electron chi connectivity index (χ3n) is 2.42. The zero-order chi connectivity index (χ0) is 13.3. The zero-order valence-electron chi connectivity index (χ0n) is 10.5. The molecule has 0 amide bonds. The van der Waals surface area contributed by atoms with Crippen LogP contribution in [0.1, 0.15) is 5.56 Å². The van der Waals surface area contributed by atoms with E-state index in [0.717, 1.165) is 12.2 Å². The molecule has 0 aliphatic heterocycles. The number of aromatic nitrogens is 1. The molecule has 0 N–H and O–H groups in total. The van der Waals surface area contributed by atoms with Gasteiger partial charge < -0.3 is 4.74 Å². The van der Waals surface area contributed by atoms with E-state index in [1.54, 1.807) is 24.2 Å². The van der Waals surface area contributed by atoms with Crippen molar-refractivity contribution in [1.29, 1.82) is 0 Å². The van der Waals surface area contributed by atoms with Crippen molar-refractivity contribution in [2.24, 2.45) is 0 Å². The fourth-order valence-corrected chi connectivity index (χ4v) is 4.04. The van der Waals surface area contributed by atoms with Crippen molar-refractivity contribution in [1.82, 2.24) is 4.98 Å². The van der Waals surface area contributed by atoms with E-state index in [4.69, 9.17) is 4.74 Å². The first-order chi connectivity index (χ1) is 8.64. The van der Waals surface area contributed by atoms with Gasteiger partial charge in [0, 0.05) is 25.3 Å². The van der Waals surface area contributed by atoms with E-state index in [0.29, 0.717) is 5.75 Å². The Morgan fingerprint density at radius 2 is 1.94 bits per heavy atom. The summed E-state index contributed by atoms with van der Waals surface area (Å²) in [4.78, 5) is 3.95. The van der Waals surface area contributed by atoms with Crippen molar-refractivity contribution < 1.29 is 13.2 Å². The first kappa shape index (κ1) is 15.5. The van der Waals surface area contributed by atoms with Gasteiger partial charge in [0.05, 0.1) is 18.1 Å². The lowest BCUT2D eigenvalue weighted by Gasteiger charge is -2.04. The second-order valence-corrected chi connectivity index (χ2v) is 7.39. The van der Waals surface area contributed by atoms with Gasteiger partial charge in [-0.3, -0.25) is 4.98 Å². The molecule has 0 unspecified atom stereocenters. The number of rotatable bonds is 9. The molecular formula is C12H19NO3S2. The van der Waals surface area contributed by atoms with Crippen LogP contribution in [0.2, 0.25) is 0 Å². The van der Waals surface area contributed by atoms with Crippen LogP contribution in [0.15, 0.2) is 24.5 Å². The monoisotopic (exact) mass is 289 g/mol. The Bertz CT molecular complexity index is 420. The van der Waals surface area contributed by atoms with Crippen molar-refractivity contribution in [3.05, 3.63) is 30.1 Å². The van der Waals surface area contributed by atoms with Gasteiger partial charge in [-0.25, -0.2) is 8.42 Å². The molecule has 6 heteroatoms. The molecule has 0 atom stereocenters. The van der Waals surface area contributed by atoms with Crippen LogP contribution in [-0.4, -0.2) is 50.1 Å². The summed E-state index contributed by atoms with van der Waals surface area (Å²) in [5, 5.41) is 0. The first-order valence-electron chi connectivity index (χ1n) is 5.80. The summed E-state index contributed by atoms with van der Waals surface area (Å²) in [5.41, 5.74) is 1.24. The molecule has 0 fully saturated rings. The van der Waals surface area contributed by atoms with Gasteiger partial charge in [0.25, 0.3) is 0 Å². The van der Waals surface area contributed by atoms with Gasteiger partial charge in [-0.15, -0.1) is 0 Å². The lowest BCUT2D eigenvalue weighted by atomic mass is 10.2. The number of hydrogen-bond acceptors (Lipinski definition) is 5. The molecule has 1 heterocycles. The normalized spacial score (nSPS) is 11.6. The molecule has 102 valence electrons. The molecule has 1 aromatic heterocycles. The van der Waals surface area contributed by atoms with Crippen LogP contribution in [0, 0.1) is 0 Å². The Labute approximate surface area is 113 Å². The van der Waals surface area contributed by atoms with Gasteiger partial charge in [-0.2, -0.15) is 11.8 Å². The van der Waals surface area contributed by atoms with Crippen LogP contribution in [0.4, 0.5) is 0 Å². The molecule has 0 bridgehead atoms. The zero-order valence-corrected chi connectivity index (χ0v) is 12.2. The smallest absolute Gasteiger partial charge is 0.153 e. The molecule has 0 aromatic carbocycles. The van der Waals surface area contributed by atoms with E-state index in [-0.39, 0.29) is 18.1 Å². The summed E-state index contributed by atoms with van der Waals surface area (Å²) >= 11 is 1.67. The van der Waals surface area contributed by atoms with Gasteiger partial charge >= 0.3 is 0 Å². The van der Waals surface area contributed by atoms with E-state index in [1.165, 1.54) is 12.7 Å². The first-order valence-corrected chi connectivity index (χ1v) is 8.77. The van der Waals surface area contributed by atoms with Gasteiger partial charge in [0.2, 0.25) is 0 Å². The highest BCUT2D eigenvalue weighted by Gasteiger charge is 2.09. The number of methoxy groups -OCH3 is 1. The third kappa shape index (κ3) is 6.98. The van der Waals surface area contributed by atoms with Crippen LogP contribution in [-0.2, 0) is 21.0 Å². The van der Waals surface area contributed by atoms with Gasteiger partial charge in [0.1, 0.15) is 0 Å². The fraction of sp³-hybridized carbons (Fsp3) is 0.583. The van der Waals surface area contributed by atoms with Crippen molar-refractivity contribution in [3.8, 4) is 0 Å². The summed E-state index contributed by atoms with van der Waals surface area (Å²) in [6.45, 7) is 0.282. The fourth-order valence-electron chi connectivity index (χ4n) is 1.34. The molecule has 0 spiro atoms. The van der Waals surface area contributed by atoms with Crippen molar-refractivity contribution in [2.45, 2.75) is 6.42 Å². The summed E-state index contributed by atoms with van der Waals surface area (Å²) in [6, 6.07) is 3.96. The summed E-state index contributed by atoms with van der Waals surface area (Å²) in [5.74, 6) is 1.94. The van der Waals surface area contributed by atoms with E-state index in [9.17, 15) is 8.42 Å². The predicted octanol–water partition coefficient (Wildman–Crippen LogP) is 1.42. The van der Waals surface area contributed by atoms with Crippen LogP contribution in [0.25, 0.3) is 0 Å². The van der Waals surface area contributed by atoms with E-state index in [2.05, 4.69) is 4.98 Å². The molecule has 0 aliphatic carbocycles. The number of hydrogen-bond donors (Lipinski definition) is 0. The molecule has 4 nitrogen and oxygen atoms in total. The Kier molecular flexibility index (Phi) is 7.31. The Balaban J connectivity index is 2.12. The van der Waals surface area contributed by atoms with E-state index in [1.807, 2.05) is 12.1 Å². The maximum atomic E-state index is 11.5. The van der Waals surface area contributed by atoms with Gasteiger partial charge in [-0.05, 0) is 29.9 Å². The van der Waals surface area contributed by atoms with Crippen LogP contribution in [0.5, 0.6) is 0 Å². The SMILES string of the molecule is COCCS(=O)(=O)CCSCCc1ccncc1. The minimum atomic E-state index is -2.94. The van der Waals surface area contributed by atoms with Gasteiger partial charge in [-0.1, -0.05) is 0 Å². The Morgan fingerprint density at radius 3 is 2.61 bits per heavy atom. The molecule has 18 heavy (non-hydrogen) atoms. The quantitative estimate of drug-likeness (QED) is 0.644. The second kappa shape index (κ2) is 8.50. The highest BCUT2D eigenvalue weighted by molar-refractivity contribution is 8.00. The van der Waals surface area contributed by atoms with Crippen LogP contribution in [0.3, 0.4) is 0 Å². The largest absolute Gasteiger partial charge is 0.384 e. The lowest BCUT2D eigenvalue weighted by Crippen LogP contribution is -2.16. The number of sulfone groups is 1. The average Bonchev–Trinajstić information content (AvgIpc) is 2.37. The molecule has 1 rings (SSSR count). The predicted molar refractivity (Wildman–Crippen MR) is 75.8 cm³/mol. The minimum absolute atomic E-state index is 0.119. The van der Waals surface area contributed by atoms with Crippen LogP contribution >= 0.6 is 11.8 Å². The third-order valence-corrected chi connectivity index (χ3v) is 5.28. The second-order valence-electron chi connectivity index (χ2n) is 3.86. The molecule has 0 saturated heterocycles. The maximum Gasteiger partial charge on any atom is 0.153 e. The molecular weight excluding hydrogens is 270 g/mol. The number of pyridine rings is 1. The maximum absolute atomic E-state index is 11.5. The standard InChI is InChI=1S/C12H19NO3S2/c1-16-7-10-18(14,15)11-9-17-8-4-12-2-5-13-6-3-12/h2-3,5-6H,4,7-11H2,1H3. The average molecular weight is 289 g/mol. The summed E-state index contributed by atoms with van der Waals surface area (Å²) in [7, 11) is -1.43. The Hall–Kier alpha value is -0.590. The summed E-state index contributed by atoms with van der Waals surface area (Å²) in [6.07, 6.45) is 4.50. The number of aryl methyl sites for hydroxylation is 1. The minimum Gasteiger partial charge on any atom is -0.384 e. The van der Waals surface area contributed by atoms with Crippen molar-refractivity contribution in [2.75, 3.05) is 36.7 Å². The van der Waals surface area contributed by atoms with Crippen molar-refractivity contribution in [3.63, 3.8) is 0 Å². The number of thioether (sulfide) groups is 1. The topological polar surface area (TPSA) is 56.3 Å². The van der Waals surface area contributed by atoms with Crippen LogP contribution < -0.4 is 0 Å². The van der Waals surface area contributed by atoms with Crippen molar-refractivity contribution >= 4 is 21.6 Å². The van der Waals surface area contributed by atoms with E-state index < -0.39 is 9.84 Å². The number of ether oxygens (including phenoxy) is 1. The lowest BCUT2D eigenvalue weighted by molar-refractivity contribution is 0.217. The molecule has 0 aliphatic rings. The Morgan fingerprint density at radius 1 is 1.22 bits per heavy atom. The van der Waals surface area contributed by atoms with E-state index >= 15 is 0 Å². The highest BCUT2D eigenvalue weighted by Crippen LogP contribution is 2.07. The summed E-state index contributed by atoms with van der Waals surface area (Å²) < 4.78 is 27.8. The molecule has 0 radical (unpaired) electrons.